The highest BCUT2D eigenvalue weighted by molar-refractivity contribution is 7.09. The molecule has 0 radical (unpaired) electrons. The van der Waals surface area contributed by atoms with E-state index in [0.29, 0.717) is 0 Å². The summed E-state index contributed by atoms with van der Waals surface area (Å²) < 4.78 is 0. The smallest absolute Gasteiger partial charge is 0.0916 e. The van der Waals surface area contributed by atoms with E-state index < -0.39 is 0 Å². The van der Waals surface area contributed by atoms with Gasteiger partial charge in [0, 0.05) is 11.4 Å². The van der Waals surface area contributed by atoms with Gasteiger partial charge in [-0.15, -0.1) is 11.3 Å². The molecule has 1 aliphatic rings. The minimum atomic E-state index is -0.369. The quantitative estimate of drug-likeness (QED) is 0.721. The van der Waals surface area contributed by atoms with E-state index in [1.165, 1.54) is 17.7 Å². The van der Waals surface area contributed by atoms with Crippen LogP contribution in [0.2, 0.25) is 0 Å². The van der Waals surface area contributed by atoms with Crippen molar-refractivity contribution >= 4 is 11.3 Å². The number of benzene rings is 1. The monoisotopic (exact) mass is 344 g/mol. The number of hydrogen-bond donors (Lipinski definition) is 2. The number of piperidine rings is 1. The molecular weight excluding hydrogens is 316 g/mol. The van der Waals surface area contributed by atoms with E-state index in [0.717, 1.165) is 50.6 Å². The average molecular weight is 345 g/mol. The van der Waals surface area contributed by atoms with Crippen molar-refractivity contribution in [3.63, 3.8) is 0 Å². The molecule has 0 spiro atoms. The molecule has 1 aromatic heterocycles. The lowest BCUT2D eigenvalue weighted by Gasteiger charge is -2.33. The van der Waals surface area contributed by atoms with E-state index in [1.54, 1.807) is 0 Å². The molecule has 1 aliphatic heterocycles. The Bertz CT molecular complexity index is 565. The van der Waals surface area contributed by atoms with Crippen molar-refractivity contribution in [2.75, 3.05) is 32.7 Å². The topological polar surface area (TPSA) is 35.5 Å². The Labute approximate surface area is 149 Å². The fraction of sp³-hybridized carbons (Fsp3) is 0.500. The summed E-state index contributed by atoms with van der Waals surface area (Å²) in [7, 11) is 0. The number of nitrogens with zero attached hydrogens (tertiary/aromatic N) is 1. The maximum absolute atomic E-state index is 10.3. The molecule has 2 aromatic rings. The molecule has 0 unspecified atom stereocenters. The summed E-state index contributed by atoms with van der Waals surface area (Å²) in [5.41, 5.74) is 1.02. The van der Waals surface area contributed by atoms with E-state index in [4.69, 9.17) is 0 Å². The molecule has 3 rings (SSSR count). The van der Waals surface area contributed by atoms with Gasteiger partial charge in [-0.1, -0.05) is 36.4 Å². The predicted molar refractivity (Wildman–Crippen MR) is 101 cm³/mol. The van der Waals surface area contributed by atoms with Gasteiger partial charge in [-0.3, -0.25) is 0 Å². The number of β-amino-alcohol motifs (C(OH)–C–C–N with tert-alkyl or cyclic N) is 1. The second-order valence-corrected chi connectivity index (χ2v) is 7.74. The van der Waals surface area contributed by atoms with E-state index in [9.17, 15) is 5.11 Å². The number of hydrogen-bond acceptors (Lipinski definition) is 4. The Morgan fingerprint density at radius 3 is 2.62 bits per heavy atom. The number of likely N-dealkylation sites (tertiary alicyclic amines) is 1. The molecular formula is C20H28N2OS. The molecule has 130 valence electrons. The number of aliphatic hydroxyl groups is 1. The van der Waals surface area contributed by atoms with Crippen molar-refractivity contribution in [1.82, 2.24) is 10.2 Å². The summed E-state index contributed by atoms with van der Waals surface area (Å²) in [6.45, 7) is 5.15. The second kappa shape index (κ2) is 9.33. The molecule has 2 heterocycles. The van der Waals surface area contributed by atoms with Crippen LogP contribution >= 0.6 is 11.3 Å². The van der Waals surface area contributed by atoms with Crippen molar-refractivity contribution in [3.8, 4) is 0 Å². The fourth-order valence-electron chi connectivity index (χ4n) is 3.37. The first kappa shape index (κ1) is 17.6. The van der Waals surface area contributed by atoms with Crippen molar-refractivity contribution in [1.29, 1.82) is 0 Å². The van der Waals surface area contributed by atoms with Gasteiger partial charge in [-0.2, -0.15) is 0 Å². The number of rotatable bonds is 8. The van der Waals surface area contributed by atoms with E-state index in [1.807, 2.05) is 41.7 Å². The van der Waals surface area contributed by atoms with Gasteiger partial charge < -0.3 is 15.3 Å². The molecule has 1 fully saturated rings. The molecule has 24 heavy (non-hydrogen) atoms. The van der Waals surface area contributed by atoms with Crippen LogP contribution in [0, 0.1) is 5.92 Å². The van der Waals surface area contributed by atoms with Crippen molar-refractivity contribution < 1.29 is 5.11 Å². The van der Waals surface area contributed by atoms with Crippen LogP contribution in [0.4, 0.5) is 0 Å². The minimum absolute atomic E-state index is 0.369. The van der Waals surface area contributed by atoms with Gasteiger partial charge in [0.15, 0.2) is 0 Å². The summed E-state index contributed by atoms with van der Waals surface area (Å²) in [6.07, 6.45) is 3.23. The van der Waals surface area contributed by atoms with E-state index in [-0.39, 0.29) is 6.10 Å². The lowest BCUT2D eigenvalue weighted by atomic mass is 9.96. The standard InChI is InChI=1S/C20H28N2OS/c23-20(18-5-2-1-3-6-18)16-22-12-9-17(10-13-22)15-21-11-8-19-7-4-14-24-19/h1-7,14,17,20-21,23H,8-13,15-16H2/t20-/m1/s1. The summed E-state index contributed by atoms with van der Waals surface area (Å²) >= 11 is 1.84. The number of aliphatic hydroxyl groups excluding tert-OH is 1. The molecule has 4 heteroatoms. The molecule has 0 bridgehead atoms. The number of thiophene rings is 1. The molecule has 0 amide bonds. The highest BCUT2D eigenvalue weighted by atomic mass is 32.1. The SMILES string of the molecule is O[C@H](CN1CCC(CNCCc2cccs2)CC1)c1ccccc1. The van der Waals surface area contributed by atoms with Crippen LogP contribution in [0.25, 0.3) is 0 Å². The predicted octanol–water partition coefficient (Wildman–Crippen LogP) is 3.33. The van der Waals surface area contributed by atoms with Gasteiger partial charge in [0.05, 0.1) is 6.10 Å². The van der Waals surface area contributed by atoms with Crippen molar-refractivity contribution in [2.45, 2.75) is 25.4 Å². The van der Waals surface area contributed by atoms with Gasteiger partial charge in [0.25, 0.3) is 0 Å². The zero-order chi connectivity index (χ0) is 16.6. The zero-order valence-electron chi connectivity index (χ0n) is 14.2. The molecule has 1 aromatic carbocycles. The molecule has 0 saturated carbocycles. The largest absolute Gasteiger partial charge is 0.387 e. The lowest BCUT2D eigenvalue weighted by Crippen LogP contribution is -2.39. The first-order valence-electron chi connectivity index (χ1n) is 9.00. The van der Waals surface area contributed by atoms with Crippen LogP contribution in [-0.4, -0.2) is 42.7 Å². The molecule has 1 atom stereocenters. The average Bonchev–Trinajstić information content (AvgIpc) is 3.14. The first-order valence-corrected chi connectivity index (χ1v) is 9.87. The molecule has 1 saturated heterocycles. The van der Waals surface area contributed by atoms with Crippen LogP contribution in [0.1, 0.15) is 29.4 Å². The minimum Gasteiger partial charge on any atom is -0.387 e. The van der Waals surface area contributed by atoms with E-state index >= 15 is 0 Å². The summed E-state index contributed by atoms with van der Waals surface area (Å²) in [6, 6.07) is 14.3. The van der Waals surface area contributed by atoms with Gasteiger partial charge in [0.1, 0.15) is 0 Å². The third-order valence-corrected chi connectivity index (χ3v) is 5.82. The van der Waals surface area contributed by atoms with Crippen LogP contribution in [0.3, 0.4) is 0 Å². The van der Waals surface area contributed by atoms with Crippen LogP contribution in [0.5, 0.6) is 0 Å². The molecule has 0 aliphatic carbocycles. The van der Waals surface area contributed by atoms with Crippen LogP contribution in [0.15, 0.2) is 47.8 Å². The first-order chi connectivity index (χ1) is 11.8. The van der Waals surface area contributed by atoms with Gasteiger partial charge in [0.2, 0.25) is 0 Å². The summed E-state index contributed by atoms with van der Waals surface area (Å²) in [5, 5.41) is 16.1. The third kappa shape index (κ3) is 5.42. The molecule has 3 nitrogen and oxygen atoms in total. The number of nitrogens with one attached hydrogen (secondary N) is 1. The highest BCUT2D eigenvalue weighted by Gasteiger charge is 2.21. The zero-order valence-corrected chi connectivity index (χ0v) is 15.0. The highest BCUT2D eigenvalue weighted by Crippen LogP contribution is 2.20. The van der Waals surface area contributed by atoms with Gasteiger partial charge >= 0.3 is 0 Å². The van der Waals surface area contributed by atoms with Crippen molar-refractivity contribution in [3.05, 3.63) is 58.3 Å². The summed E-state index contributed by atoms with van der Waals surface area (Å²) in [5.74, 6) is 0.776. The Morgan fingerprint density at radius 2 is 1.92 bits per heavy atom. The third-order valence-electron chi connectivity index (χ3n) is 4.88. The van der Waals surface area contributed by atoms with E-state index in [2.05, 4.69) is 27.7 Å². The molecule has 2 N–H and O–H groups in total. The lowest BCUT2D eigenvalue weighted by molar-refractivity contribution is 0.0892. The van der Waals surface area contributed by atoms with Crippen LogP contribution in [-0.2, 0) is 6.42 Å². The fourth-order valence-corrected chi connectivity index (χ4v) is 4.08. The van der Waals surface area contributed by atoms with Crippen LogP contribution < -0.4 is 5.32 Å². The van der Waals surface area contributed by atoms with Crippen molar-refractivity contribution in [2.24, 2.45) is 5.92 Å². The maximum Gasteiger partial charge on any atom is 0.0916 e. The summed E-state index contributed by atoms with van der Waals surface area (Å²) in [4.78, 5) is 3.87. The Balaban J connectivity index is 1.31. The Hall–Kier alpha value is -1.20. The Kier molecular flexibility index (Phi) is 6.85. The van der Waals surface area contributed by atoms with Gasteiger partial charge in [-0.05, 0) is 68.4 Å². The maximum atomic E-state index is 10.3. The van der Waals surface area contributed by atoms with Gasteiger partial charge in [-0.25, -0.2) is 0 Å². The Morgan fingerprint density at radius 1 is 1.12 bits per heavy atom. The normalized spacial score (nSPS) is 17.9. The second-order valence-electron chi connectivity index (χ2n) is 6.70.